The van der Waals surface area contributed by atoms with Gasteiger partial charge in [0.05, 0.1) is 28.2 Å². The summed E-state index contributed by atoms with van der Waals surface area (Å²) in [5, 5.41) is 7.30. The molecule has 2 amide bonds. The number of carbonyl (C=O) groups excluding carboxylic acids is 2. The molecule has 19 heavy (non-hydrogen) atoms. The number of H-pyrrole nitrogens is 1. The monoisotopic (exact) mass is 297 g/mol. The van der Waals surface area contributed by atoms with Gasteiger partial charge in [-0.15, -0.1) is 10.2 Å². The fourth-order valence-electron chi connectivity index (χ4n) is 2.02. The maximum absolute atomic E-state index is 11.8. The minimum Gasteiger partial charge on any atom is -0.494 e. The van der Waals surface area contributed by atoms with Crippen LogP contribution < -0.4 is 4.74 Å². The molecule has 1 aliphatic heterocycles. The summed E-state index contributed by atoms with van der Waals surface area (Å²) in [6.07, 6.45) is 0. The van der Waals surface area contributed by atoms with Crippen LogP contribution in [-0.4, -0.2) is 23.9 Å². The Bertz CT molecular complexity index is 779. The molecule has 8 heteroatoms. The molecule has 0 saturated heterocycles. The number of halogens is 2. The molecular weight excluding hydrogens is 293 g/mol. The van der Waals surface area contributed by atoms with Crippen LogP contribution in [-0.2, 0) is 0 Å². The van der Waals surface area contributed by atoms with Crippen LogP contribution in [0.3, 0.4) is 0 Å². The number of amides is 2. The lowest BCUT2D eigenvalue weighted by Crippen LogP contribution is -2.09. The van der Waals surface area contributed by atoms with Crippen molar-refractivity contribution in [1.82, 2.24) is 4.98 Å². The Morgan fingerprint density at radius 3 is 2.58 bits per heavy atom. The highest BCUT2D eigenvalue weighted by molar-refractivity contribution is 6.42. The topological polar surface area (TPSA) is 83.9 Å². The number of fused-ring (bicyclic) bond motifs is 3. The molecule has 2 aromatic rings. The maximum Gasteiger partial charge on any atom is 0.312 e. The van der Waals surface area contributed by atoms with Gasteiger partial charge in [-0.3, -0.25) is 9.59 Å². The molecule has 0 unspecified atom stereocenters. The zero-order valence-electron chi connectivity index (χ0n) is 9.45. The van der Waals surface area contributed by atoms with Gasteiger partial charge in [-0.25, -0.2) is 0 Å². The summed E-state index contributed by atoms with van der Waals surface area (Å²) in [4.78, 5) is 26.2. The first-order chi connectivity index (χ1) is 9.04. The van der Waals surface area contributed by atoms with Crippen molar-refractivity contribution in [3.05, 3.63) is 27.4 Å². The first-order valence-corrected chi connectivity index (χ1v) is 5.88. The van der Waals surface area contributed by atoms with Gasteiger partial charge in [-0.2, -0.15) is 0 Å². The number of rotatable bonds is 1. The van der Waals surface area contributed by atoms with E-state index in [9.17, 15) is 9.59 Å². The molecule has 0 atom stereocenters. The molecule has 0 saturated carbocycles. The summed E-state index contributed by atoms with van der Waals surface area (Å²) < 4.78 is 5.08. The quantitative estimate of drug-likeness (QED) is 0.877. The number of carbonyl (C=O) groups is 2. The molecule has 1 N–H and O–H groups in total. The Hall–Kier alpha value is -1.92. The standard InChI is InChI=1S/C11H5Cl2N3O3/c1-19-9-3(12)2-4-5(7(9)13)6-8(14-4)11(18)16-15-10(6)17/h2,14H,1H3. The van der Waals surface area contributed by atoms with Gasteiger partial charge in [0, 0.05) is 5.39 Å². The maximum atomic E-state index is 11.8. The van der Waals surface area contributed by atoms with E-state index in [1.165, 1.54) is 13.2 Å². The summed E-state index contributed by atoms with van der Waals surface area (Å²) in [6, 6.07) is 1.53. The van der Waals surface area contributed by atoms with Crippen molar-refractivity contribution in [2.75, 3.05) is 7.11 Å². The average molecular weight is 298 g/mol. The number of nitrogens with one attached hydrogen (secondary N) is 1. The minimum atomic E-state index is -0.632. The number of hydrogen-bond donors (Lipinski definition) is 1. The van der Waals surface area contributed by atoms with Crippen LogP contribution in [0.2, 0.25) is 10.0 Å². The number of aromatic nitrogens is 1. The first-order valence-electron chi connectivity index (χ1n) is 5.12. The molecule has 0 radical (unpaired) electrons. The Morgan fingerprint density at radius 1 is 1.21 bits per heavy atom. The smallest absolute Gasteiger partial charge is 0.312 e. The molecule has 96 valence electrons. The van der Waals surface area contributed by atoms with Gasteiger partial charge in [0.2, 0.25) is 0 Å². The van der Waals surface area contributed by atoms with Crippen molar-refractivity contribution in [1.29, 1.82) is 0 Å². The molecule has 0 spiro atoms. The summed E-state index contributed by atoms with van der Waals surface area (Å²) in [5.41, 5.74) is 0.603. The third-order valence-electron chi connectivity index (χ3n) is 2.80. The number of ether oxygens (including phenoxy) is 1. The largest absolute Gasteiger partial charge is 0.494 e. The fourth-order valence-corrected chi connectivity index (χ4v) is 2.72. The fraction of sp³-hybridized carbons (Fsp3) is 0.0909. The highest BCUT2D eigenvalue weighted by atomic mass is 35.5. The van der Waals surface area contributed by atoms with Crippen molar-refractivity contribution in [3.8, 4) is 5.75 Å². The van der Waals surface area contributed by atoms with E-state index in [1.54, 1.807) is 0 Å². The zero-order valence-corrected chi connectivity index (χ0v) is 11.0. The van der Waals surface area contributed by atoms with Crippen LogP contribution >= 0.6 is 23.2 Å². The van der Waals surface area contributed by atoms with E-state index < -0.39 is 11.8 Å². The minimum absolute atomic E-state index is 0.0567. The van der Waals surface area contributed by atoms with Crippen LogP contribution in [0.25, 0.3) is 10.9 Å². The van der Waals surface area contributed by atoms with E-state index in [2.05, 4.69) is 15.2 Å². The Morgan fingerprint density at radius 2 is 1.89 bits per heavy atom. The number of hydrogen-bond acceptors (Lipinski definition) is 3. The van der Waals surface area contributed by atoms with E-state index >= 15 is 0 Å². The van der Waals surface area contributed by atoms with Crippen molar-refractivity contribution in [2.45, 2.75) is 0 Å². The lowest BCUT2D eigenvalue weighted by Gasteiger charge is -2.07. The Labute approximate surface area is 116 Å². The Balaban J connectivity index is 2.48. The van der Waals surface area contributed by atoms with Gasteiger partial charge in [-0.05, 0) is 6.07 Å². The van der Waals surface area contributed by atoms with Gasteiger partial charge in [0.25, 0.3) is 5.91 Å². The van der Waals surface area contributed by atoms with Gasteiger partial charge in [-0.1, -0.05) is 23.2 Å². The molecule has 3 rings (SSSR count). The predicted octanol–water partition coefficient (Wildman–Crippen LogP) is 3.23. The number of methoxy groups -OCH3 is 1. The van der Waals surface area contributed by atoms with Gasteiger partial charge < -0.3 is 9.72 Å². The van der Waals surface area contributed by atoms with Crippen LogP contribution in [0.15, 0.2) is 16.3 Å². The number of nitrogens with zero attached hydrogens (tertiary/aromatic N) is 2. The predicted molar refractivity (Wildman–Crippen MR) is 68.4 cm³/mol. The van der Waals surface area contributed by atoms with Crippen LogP contribution in [0.1, 0.15) is 20.8 Å². The van der Waals surface area contributed by atoms with Crippen molar-refractivity contribution in [3.63, 3.8) is 0 Å². The normalized spacial score (nSPS) is 14.1. The summed E-state index contributed by atoms with van der Waals surface area (Å²) >= 11 is 12.2. The second-order valence-corrected chi connectivity index (χ2v) is 4.60. The van der Waals surface area contributed by atoms with Crippen molar-refractivity contribution >= 4 is 45.9 Å². The van der Waals surface area contributed by atoms with Gasteiger partial charge in [0.15, 0.2) is 5.75 Å². The third kappa shape index (κ3) is 1.57. The third-order valence-corrected chi connectivity index (χ3v) is 3.44. The van der Waals surface area contributed by atoms with E-state index in [-0.39, 0.29) is 27.1 Å². The van der Waals surface area contributed by atoms with Gasteiger partial charge >= 0.3 is 5.91 Å². The van der Waals surface area contributed by atoms with Gasteiger partial charge in [0.1, 0.15) is 5.69 Å². The lowest BCUT2D eigenvalue weighted by atomic mass is 10.1. The number of benzene rings is 1. The molecule has 2 heterocycles. The molecule has 1 aromatic carbocycles. The number of aromatic amines is 1. The van der Waals surface area contributed by atoms with E-state index in [1.807, 2.05) is 0 Å². The Kier molecular flexibility index (Phi) is 2.58. The van der Waals surface area contributed by atoms with Crippen LogP contribution in [0, 0.1) is 0 Å². The average Bonchev–Trinajstić information content (AvgIpc) is 2.75. The highest BCUT2D eigenvalue weighted by Gasteiger charge is 2.30. The molecule has 1 aromatic heterocycles. The molecule has 6 nitrogen and oxygen atoms in total. The molecular formula is C11H5Cl2N3O3. The summed E-state index contributed by atoms with van der Waals surface area (Å²) in [7, 11) is 1.41. The van der Waals surface area contributed by atoms with Crippen LogP contribution in [0.5, 0.6) is 5.75 Å². The van der Waals surface area contributed by atoms with E-state index in [4.69, 9.17) is 27.9 Å². The summed E-state index contributed by atoms with van der Waals surface area (Å²) in [6.45, 7) is 0. The summed E-state index contributed by atoms with van der Waals surface area (Å²) in [5.74, 6) is -1.02. The lowest BCUT2D eigenvalue weighted by molar-refractivity contribution is 0.0919. The molecule has 0 bridgehead atoms. The van der Waals surface area contributed by atoms with Crippen molar-refractivity contribution < 1.29 is 14.3 Å². The molecule has 0 aliphatic carbocycles. The number of azo groups is 1. The SMILES string of the molecule is COc1c(Cl)cc2[nH]c3c(c2c1Cl)C(=O)N=NC3=O. The molecule has 1 aliphatic rings. The van der Waals surface area contributed by atoms with Crippen LogP contribution in [0.4, 0.5) is 0 Å². The highest BCUT2D eigenvalue weighted by Crippen LogP contribution is 2.42. The van der Waals surface area contributed by atoms with E-state index in [0.29, 0.717) is 10.9 Å². The first kappa shape index (κ1) is 12.1. The second-order valence-electron chi connectivity index (χ2n) is 3.81. The second kappa shape index (κ2) is 4.04. The van der Waals surface area contributed by atoms with E-state index in [0.717, 1.165) is 0 Å². The molecule has 0 fully saturated rings. The van der Waals surface area contributed by atoms with Crippen molar-refractivity contribution in [2.24, 2.45) is 10.2 Å². The zero-order chi connectivity index (χ0) is 13.7.